The average Bonchev–Trinajstić information content (AvgIpc) is 2.52. The van der Waals surface area contributed by atoms with E-state index in [2.05, 4.69) is 10.6 Å². The minimum absolute atomic E-state index is 0.120. The molecule has 0 aliphatic rings. The Hall–Kier alpha value is -1.73. The second-order valence-corrected chi connectivity index (χ2v) is 6.90. The second-order valence-electron chi connectivity index (χ2n) is 5.62. The van der Waals surface area contributed by atoms with Crippen LogP contribution in [0.15, 0.2) is 23.1 Å². The van der Waals surface area contributed by atoms with Gasteiger partial charge < -0.3 is 15.7 Å². The van der Waals surface area contributed by atoms with Gasteiger partial charge >= 0.3 is 5.97 Å². The normalized spacial score (nSPS) is 11.9. The van der Waals surface area contributed by atoms with E-state index >= 15 is 0 Å². The van der Waals surface area contributed by atoms with Gasteiger partial charge in [-0.3, -0.25) is 9.59 Å². The number of carboxylic acids is 1. The van der Waals surface area contributed by atoms with Crippen molar-refractivity contribution in [1.82, 2.24) is 10.6 Å². The predicted octanol–water partition coefficient (Wildman–Crippen LogP) is 2.41. The molecule has 0 aliphatic carbocycles. The number of carbonyl (C=O) groups is 3. The highest BCUT2D eigenvalue weighted by molar-refractivity contribution is 7.98. The third-order valence-corrected chi connectivity index (χ3v) is 4.22. The van der Waals surface area contributed by atoms with Gasteiger partial charge in [0.1, 0.15) is 6.04 Å². The molecule has 24 heavy (non-hydrogen) atoms. The molecule has 0 radical (unpaired) electrons. The predicted molar refractivity (Wildman–Crippen MR) is 94.6 cm³/mol. The van der Waals surface area contributed by atoms with Crippen LogP contribution in [0.25, 0.3) is 0 Å². The Balaban J connectivity index is 2.63. The maximum Gasteiger partial charge on any atom is 0.326 e. The van der Waals surface area contributed by atoms with Crippen molar-refractivity contribution >= 4 is 41.1 Å². The summed E-state index contributed by atoms with van der Waals surface area (Å²) < 4.78 is 0. The number of hydrogen-bond acceptors (Lipinski definition) is 4. The van der Waals surface area contributed by atoms with Crippen LogP contribution in [0.2, 0.25) is 5.02 Å². The first-order chi connectivity index (χ1) is 11.2. The molecule has 0 fully saturated rings. The highest BCUT2D eigenvalue weighted by atomic mass is 35.5. The lowest BCUT2D eigenvalue weighted by molar-refractivity contribution is -0.142. The standard InChI is InChI=1S/C16H21ClN2O4S/c1-9(2)6-13(16(22)23)19-14(20)8-18-15(21)11-7-10(24-3)4-5-12(11)17/h4-5,7,9,13H,6,8H2,1-3H3,(H,18,21)(H,19,20)(H,22,23)/t13-/m0/s1. The zero-order chi connectivity index (χ0) is 18.3. The molecule has 0 aromatic heterocycles. The molecule has 1 aromatic rings. The Labute approximate surface area is 150 Å². The van der Waals surface area contributed by atoms with Crippen LogP contribution in [0, 0.1) is 5.92 Å². The van der Waals surface area contributed by atoms with Gasteiger partial charge in [-0.25, -0.2) is 4.79 Å². The molecule has 1 aromatic carbocycles. The number of thioether (sulfide) groups is 1. The maximum atomic E-state index is 12.1. The molecule has 6 nitrogen and oxygen atoms in total. The molecule has 0 spiro atoms. The van der Waals surface area contributed by atoms with Crippen LogP contribution in [0.4, 0.5) is 0 Å². The summed E-state index contributed by atoms with van der Waals surface area (Å²) in [4.78, 5) is 36.0. The van der Waals surface area contributed by atoms with E-state index in [0.717, 1.165) is 4.90 Å². The number of hydrogen-bond donors (Lipinski definition) is 3. The lowest BCUT2D eigenvalue weighted by Gasteiger charge is -2.16. The van der Waals surface area contributed by atoms with Crippen LogP contribution >= 0.6 is 23.4 Å². The van der Waals surface area contributed by atoms with E-state index in [0.29, 0.717) is 6.42 Å². The van der Waals surface area contributed by atoms with E-state index in [9.17, 15) is 14.4 Å². The van der Waals surface area contributed by atoms with Crippen molar-refractivity contribution in [3.63, 3.8) is 0 Å². The molecule has 0 bridgehead atoms. The molecule has 1 atom stereocenters. The van der Waals surface area contributed by atoms with E-state index in [1.807, 2.05) is 20.1 Å². The monoisotopic (exact) mass is 372 g/mol. The topological polar surface area (TPSA) is 95.5 Å². The van der Waals surface area contributed by atoms with Gasteiger partial charge in [0.25, 0.3) is 5.91 Å². The lowest BCUT2D eigenvalue weighted by atomic mass is 10.0. The third-order valence-electron chi connectivity index (χ3n) is 3.17. The van der Waals surface area contributed by atoms with E-state index in [4.69, 9.17) is 16.7 Å². The van der Waals surface area contributed by atoms with Gasteiger partial charge in [0.15, 0.2) is 0 Å². The minimum atomic E-state index is -1.10. The van der Waals surface area contributed by atoms with Crippen molar-refractivity contribution in [2.24, 2.45) is 5.92 Å². The Bertz CT molecular complexity index is 622. The Morgan fingerprint density at radius 1 is 1.29 bits per heavy atom. The van der Waals surface area contributed by atoms with Crippen LogP contribution in [-0.4, -0.2) is 41.7 Å². The molecule has 0 aliphatic heterocycles. The number of amides is 2. The van der Waals surface area contributed by atoms with Crippen molar-refractivity contribution in [1.29, 1.82) is 0 Å². The minimum Gasteiger partial charge on any atom is -0.480 e. The fourth-order valence-electron chi connectivity index (χ4n) is 2.00. The van der Waals surface area contributed by atoms with Gasteiger partial charge in [-0.15, -0.1) is 11.8 Å². The fourth-order valence-corrected chi connectivity index (χ4v) is 2.64. The molecule has 0 heterocycles. The summed E-state index contributed by atoms with van der Waals surface area (Å²) in [6, 6.07) is 4.07. The van der Waals surface area contributed by atoms with Crippen LogP contribution in [0.1, 0.15) is 30.6 Å². The summed E-state index contributed by atoms with van der Waals surface area (Å²) in [7, 11) is 0. The molecule has 2 amide bonds. The molecule has 132 valence electrons. The van der Waals surface area contributed by atoms with Crippen LogP contribution < -0.4 is 10.6 Å². The van der Waals surface area contributed by atoms with Crippen molar-refractivity contribution < 1.29 is 19.5 Å². The quantitative estimate of drug-likeness (QED) is 0.609. The smallest absolute Gasteiger partial charge is 0.326 e. The molecular formula is C16H21ClN2O4S. The Morgan fingerprint density at radius 3 is 2.50 bits per heavy atom. The van der Waals surface area contributed by atoms with Gasteiger partial charge in [0, 0.05) is 4.90 Å². The van der Waals surface area contributed by atoms with E-state index in [-0.39, 0.29) is 23.0 Å². The van der Waals surface area contributed by atoms with Gasteiger partial charge in [-0.2, -0.15) is 0 Å². The number of rotatable bonds is 8. The summed E-state index contributed by atoms with van der Waals surface area (Å²) in [5, 5.41) is 14.2. The van der Waals surface area contributed by atoms with Crippen molar-refractivity contribution in [3.05, 3.63) is 28.8 Å². The summed E-state index contributed by atoms with van der Waals surface area (Å²) in [5.41, 5.74) is 0.272. The van der Waals surface area contributed by atoms with Crippen molar-refractivity contribution in [2.45, 2.75) is 31.2 Å². The summed E-state index contributed by atoms with van der Waals surface area (Å²) in [5.74, 6) is -2.02. The molecular weight excluding hydrogens is 352 g/mol. The number of nitrogens with one attached hydrogen (secondary N) is 2. The van der Waals surface area contributed by atoms with E-state index in [1.165, 1.54) is 11.8 Å². The first-order valence-electron chi connectivity index (χ1n) is 7.38. The highest BCUT2D eigenvalue weighted by Crippen LogP contribution is 2.22. The number of halogens is 1. The van der Waals surface area contributed by atoms with Crippen molar-refractivity contribution in [2.75, 3.05) is 12.8 Å². The zero-order valence-electron chi connectivity index (χ0n) is 13.8. The number of benzene rings is 1. The molecule has 0 saturated carbocycles. The van der Waals surface area contributed by atoms with Crippen LogP contribution in [0.3, 0.4) is 0 Å². The average molecular weight is 373 g/mol. The first-order valence-corrected chi connectivity index (χ1v) is 8.98. The number of carboxylic acid groups (broad SMARTS) is 1. The molecule has 3 N–H and O–H groups in total. The van der Waals surface area contributed by atoms with E-state index in [1.54, 1.807) is 18.2 Å². The van der Waals surface area contributed by atoms with Gasteiger partial charge in [-0.1, -0.05) is 25.4 Å². The van der Waals surface area contributed by atoms with Crippen LogP contribution in [-0.2, 0) is 9.59 Å². The Kier molecular flexibility index (Phi) is 8.07. The second kappa shape index (κ2) is 9.54. The number of aliphatic carboxylic acids is 1. The third kappa shape index (κ3) is 6.41. The van der Waals surface area contributed by atoms with Crippen molar-refractivity contribution in [3.8, 4) is 0 Å². The first kappa shape index (κ1) is 20.3. The lowest BCUT2D eigenvalue weighted by Crippen LogP contribution is -2.46. The molecule has 1 rings (SSSR count). The van der Waals surface area contributed by atoms with Gasteiger partial charge in [0.05, 0.1) is 17.1 Å². The van der Waals surface area contributed by atoms with E-state index < -0.39 is 23.8 Å². The Morgan fingerprint density at radius 2 is 1.96 bits per heavy atom. The van der Waals surface area contributed by atoms with Gasteiger partial charge in [-0.05, 0) is 36.8 Å². The summed E-state index contributed by atoms with van der Waals surface area (Å²) in [6.07, 6.45) is 2.19. The fraction of sp³-hybridized carbons (Fsp3) is 0.438. The SMILES string of the molecule is CSc1ccc(Cl)c(C(=O)NCC(=O)N[C@@H](CC(C)C)C(=O)O)c1. The van der Waals surface area contributed by atoms with Gasteiger partial charge in [0.2, 0.25) is 5.91 Å². The number of carbonyl (C=O) groups excluding carboxylic acids is 2. The summed E-state index contributed by atoms with van der Waals surface area (Å²) >= 11 is 7.47. The van der Waals surface area contributed by atoms with Crippen LogP contribution in [0.5, 0.6) is 0 Å². The zero-order valence-corrected chi connectivity index (χ0v) is 15.3. The largest absolute Gasteiger partial charge is 0.480 e. The molecule has 0 saturated heterocycles. The maximum absolute atomic E-state index is 12.1. The summed E-state index contributed by atoms with van der Waals surface area (Å²) in [6.45, 7) is 3.41. The molecule has 8 heteroatoms. The highest BCUT2D eigenvalue weighted by Gasteiger charge is 2.21. The molecule has 0 unspecified atom stereocenters.